The van der Waals surface area contributed by atoms with Gasteiger partial charge in [0.25, 0.3) is 0 Å². The molecule has 28 heavy (non-hydrogen) atoms. The van der Waals surface area contributed by atoms with Gasteiger partial charge in [0.05, 0.1) is 28.6 Å². The number of nitrogens with zero attached hydrogens (tertiary/aromatic N) is 2. The highest BCUT2D eigenvalue weighted by molar-refractivity contribution is 5.96. The van der Waals surface area contributed by atoms with E-state index in [1.807, 2.05) is 0 Å². The van der Waals surface area contributed by atoms with Crippen molar-refractivity contribution in [3.63, 3.8) is 0 Å². The number of halogens is 3. The molecule has 0 aliphatic rings. The minimum absolute atomic E-state index is 0.0277. The summed E-state index contributed by atoms with van der Waals surface area (Å²) in [7, 11) is 0. The maximum Gasteiger partial charge on any atom is 0.419 e. The van der Waals surface area contributed by atoms with Crippen LogP contribution >= 0.6 is 0 Å². The Morgan fingerprint density at radius 2 is 1.46 bits per heavy atom. The second kappa shape index (κ2) is 8.38. The van der Waals surface area contributed by atoms with Crippen LogP contribution in [0.5, 0.6) is 0 Å². The van der Waals surface area contributed by atoms with Crippen LogP contribution in [0.4, 0.5) is 13.2 Å². The van der Waals surface area contributed by atoms with E-state index in [0.29, 0.717) is 5.69 Å². The maximum atomic E-state index is 12.3. The molecular weight excluding hydrogens is 377 g/mol. The molecule has 0 aliphatic heterocycles. The van der Waals surface area contributed by atoms with E-state index in [1.54, 1.807) is 30.3 Å². The third-order valence-electron chi connectivity index (χ3n) is 3.73. The summed E-state index contributed by atoms with van der Waals surface area (Å²) in [6, 6.07) is 12.8. The minimum atomic E-state index is -4.34. The first-order chi connectivity index (χ1) is 13.1. The molecule has 1 aromatic heterocycles. The quantitative estimate of drug-likeness (QED) is 0.694. The van der Waals surface area contributed by atoms with E-state index in [1.165, 1.54) is 29.8 Å². The van der Waals surface area contributed by atoms with Crippen molar-refractivity contribution in [3.8, 4) is 5.69 Å². The second-order valence-electron chi connectivity index (χ2n) is 5.60. The molecule has 1 heterocycles. The van der Waals surface area contributed by atoms with E-state index in [2.05, 4.69) is 5.10 Å². The first-order valence-electron chi connectivity index (χ1n) is 7.84. The van der Waals surface area contributed by atoms with Gasteiger partial charge in [-0.25, -0.2) is 14.3 Å². The lowest BCUT2D eigenvalue weighted by atomic mass is 10.0. The van der Waals surface area contributed by atoms with Crippen molar-refractivity contribution in [3.05, 3.63) is 83.2 Å². The highest BCUT2D eigenvalue weighted by Gasteiger charge is 2.32. The Kier molecular flexibility index (Phi) is 6.19. The van der Waals surface area contributed by atoms with Crippen molar-refractivity contribution >= 4 is 11.9 Å². The molecule has 0 saturated carbocycles. The smallest absolute Gasteiger partial charge is 0.419 e. The van der Waals surface area contributed by atoms with Gasteiger partial charge in [-0.1, -0.05) is 24.3 Å². The summed E-state index contributed by atoms with van der Waals surface area (Å²) < 4.78 is 38.0. The number of para-hydroxylation sites is 1. The Labute approximate surface area is 157 Å². The van der Waals surface area contributed by atoms with Crippen LogP contribution in [0.25, 0.3) is 5.69 Å². The lowest BCUT2D eigenvalue weighted by Crippen LogP contribution is -2.06. The molecule has 0 radical (unpaired) electrons. The molecule has 146 valence electrons. The lowest BCUT2D eigenvalue weighted by molar-refractivity contribution is -0.137. The largest absolute Gasteiger partial charge is 0.478 e. The third-order valence-corrected chi connectivity index (χ3v) is 3.73. The van der Waals surface area contributed by atoms with E-state index < -0.39 is 23.7 Å². The molecule has 0 saturated heterocycles. The molecule has 6 nitrogen and oxygen atoms in total. The number of aromatic carboxylic acids is 2. The van der Waals surface area contributed by atoms with Gasteiger partial charge in [-0.2, -0.15) is 18.3 Å². The molecule has 3 rings (SSSR count). The molecule has 2 N–H and O–H groups in total. The molecule has 3 aromatic rings. The zero-order chi connectivity index (χ0) is 20.9. The van der Waals surface area contributed by atoms with Gasteiger partial charge < -0.3 is 10.2 Å². The van der Waals surface area contributed by atoms with Crippen LogP contribution < -0.4 is 0 Å². The highest BCUT2D eigenvalue weighted by atomic mass is 19.4. The van der Waals surface area contributed by atoms with Crippen LogP contribution in [-0.2, 0) is 6.18 Å². The number of carboxylic acid groups (broad SMARTS) is 2. The minimum Gasteiger partial charge on any atom is -0.478 e. The number of carbonyl (C=O) groups is 2. The van der Waals surface area contributed by atoms with Crippen LogP contribution in [0.15, 0.2) is 60.9 Å². The SMILES string of the molecule is Cc1c(C(=O)O)cccc1C(=O)O.FC(F)(F)c1cnn(-c2ccccc2)c1. The first kappa shape index (κ1) is 20.7. The number of hydrogen-bond acceptors (Lipinski definition) is 3. The van der Waals surface area contributed by atoms with Gasteiger partial charge in [0.2, 0.25) is 0 Å². The highest BCUT2D eigenvalue weighted by Crippen LogP contribution is 2.29. The van der Waals surface area contributed by atoms with E-state index in [-0.39, 0.29) is 16.7 Å². The van der Waals surface area contributed by atoms with Gasteiger partial charge in [-0.3, -0.25) is 0 Å². The predicted molar refractivity (Wildman–Crippen MR) is 93.7 cm³/mol. The van der Waals surface area contributed by atoms with Crippen LogP contribution in [-0.4, -0.2) is 31.9 Å². The molecule has 9 heteroatoms. The van der Waals surface area contributed by atoms with Crippen molar-refractivity contribution in [1.82, 2.24) is 9.78 Å². The van der Waals surface area contributed by atoms with Crippen molar-refractivity contribution in [2.75, 3.05) is 0 Å². The van der Waals surface area contributed by atoms with Crippen molar-refractivity contribution in [1.29, 1.82) is 0 Å². The van der Waals surface area contributed by atoms with Crippen molar-refractivity contribution < 1.29 is 33.0 Å². The fraction of sp³-hybridized carbons (Fsp3) is 0.105. The number of rotatable bonds is 3. The molecule has 0 atom stereocenters. The van der Waals surface area contributed by atoms with Crippen LogP contribution in [0.1, 0.15) is 31.8 Å². The number of hydrogen-bond donors (Lipinski definition) is 2. The fourth-order valence-corrected chi connectivity index (χ4v) is 2.29. The average molecular weight is 392 g/mol. The molecule has 0 amide bonds. The lowest BCUT2D eigenvalue weighted by Gasteiger charge is -2.03. The fourth-order valence-electron chi connectivity index (χ4n) is 2.29. The number of carboxylic acids is 2. The molecule has 2 aromatic carbocycles. The Balaban J connectivity index is 0.000000203. The Morgan fingerprint density at radius 1 is 0.929 bits per heavy atom. The Bertz CT molecular complexity index is 950. The second-order valence-corrected chi connectivity index (χ2v) is 5.60. The monoisotopic (exact) mass is 392 g/mol. The van der Waals surface area contributed by atoms with Gasteiger partial charge in [-0.05, 0) is 36.8 Å². The average Bonchev–Trinajstić information content (AvgIpc) is 3.13. The van der Waals surface area contributed by atoms with E-state index in [4.69, 9.17) is 10.2 Å². The van der Waals surface area contributed by atoms with Gasteiger partial charge >= 0.3 is 18.1 Å². The van der Waals surface area contributed by atoms with Gasteiger partial charge in [0.1, 0.15) is 0 Å². The summed E-state index contributed by atoms with van der Waals surface area (Å²) in [5.41, 5.74) is 0.196. The summed E-state index contributed by atoms with van der Waals surface area (Å²) in [6.45, 7) is 1.48. The Hall–Kier alpha value is -3.62. The summed E-state index contributed by atoms with van der Waals surface area (Å²) in [5, 5.41) is 21.0. The van der Waals surface area contributed by atoms with Gasteiger partial charge in [0.15, 0.2) is 0 Å². The normalized spacial score (nSPS) is 10.7. The summed E-state index contributed by atoms with van der Waals surface area (Å²) in [6.07, 6.45) is -2.56. The van der Waals surface area contributed by atoms with E-state index in [0.717, 1.165) is 12.4 Å². The van der Waals surface area contributed by atoms with Crippen LogP contribution in [0.2, 0.25) is 0 Å². The van der Waals surface area contributed by atoms with Gasteiger partial charge in [0, 0.05) is 6.20 Å². The maximum absolute atomic E-state index is 12.3. The van der Waals surface area contributed by atoms with Gasteiger partial charge in [-0.15, -0.1) is 0 Å². The first-order valence-corrected chi connectivity index (χ1v) is 7.84. The van der Waals surface area contributed by atoms with Crippen LogP contribution in [0.3, 0.4) is 0 Å². The van der Waals surface area contributed by atoms with Crippen molar-refractivity contribution in [2.24, 2.45) is 0 Å². The number of benzene rings is 2. The molecule has 0 fully saturated rings. The Morgan fingerprint density at radius 3 is 1.89 bits per heavy atom. The summed E-state index contributed by atoms with van der Waals surface area (Å²) in [4.78, 5) is 21.2. The summed E-state index contributed by atoms with van der Waals surface area (Å²) >= 11 is 0. The summed E-state index contributed by atoms with van der Waals surface area (Å²) in [5.74, 6) is -2.22. The van der Waals surface area contributed by atoms with E-state index in [9.17, 15) is 22.8 Å². The molecule has 0 unspecified atom stereocenters. The number of alkyl halides is 3. The molecule has 0 bridgehead atoms. The predicted octanol–water partition coefficient (Wildman–Crippen LogP) is 4.28. The standard InChI is InChI=1S/C10H7F3N2.C9H8O4/c11-10(12,13)8-6-14-15(7-8)9-4-2-1-3-5-9;1-5-6(8(10)11)3-2-4-7(5)9(12)13/h1-7H;2-4H,1H3,(H,10,11)(H,12,13). The molecule has 0 spiro atoms. The molecular formula is C19H15F3N2O4. The third kappa shape index (κ3) is 4.97. The topological polar surface area (TPSA) is 92.4 Å². The zero-order valence-corrected chi connectivity index (χ0v) is 14.5. The van der Waals surface area contributed by atoms with E-state index >= 15 is 0 Å². The van der Waals surface area contributed by atoms with Crippen LogP contribution in [0, 0.1) is 6.92 Å². The zero-order valence-electron chi connectivity index (χ0n) is 14.5. The molecule has 0 aliphatic carbocycles. The van der Waals surface area contributed by atoms with Crippen molar-refractivity contribution in [2.45, 2.75) is 13.1 Å². The number of aromatic nitrogens is 2.